The summed E-state index contributed by atoms with van der Waals surface area (Å²) in [6.07, 6.45) is -4.16. The monoisotopic (exact) mass is 1720 g/mol. The van der Waals surface area contributed by atoms with Gasteiger partial charge in [0, 0.05) is 141 Å². The fourth-order valence-electron chi connectivity index (χ4n) is 12.1. The molecule has 2 unspecified atom stereocenters. The van der Waals surface area contributed by atoms with E-state index in [9.17, 15) is 104 Å². The maximum Gasteiger partial charge on any atom is 0.397 e. The number of rotatable bonds is 53. The Bertz CT molecular complexity index is 4170. The normalized spacial score (nSPS) is 18.3. The molecule has 7 atom stereocenters. The molecule has 6 rings (SSSR count). The molecule has 46 nitrogen and oxygen atoms in total. The van der Waals surface area contributed by atoms with E-state index in [0.717, 1.165) is 11.9 Å². The number of sulfonamides is 1. The lowest BCUT2D eigenvalue weighted by Crippen LogP contribution is -2.60. The summed E-state index contributed by atoms with van der Waals surface area (Å²) in [6, 6.07) is 4.78. The molecule has 49 heteroatoms. The second-order valence-corrected chi connectivity index (χ2v) is 30.8. The van der Waals surface area contributed by atoms with Crippen molar-refractivity contribution in [2.24, 2.45) is 0 Å². The van der Waals surface area contributed by atoms with Crippen LogP contribution in [0.5, 0.6) is 5.75 Å². The zero-order valence-electron chi connectivity index (χ0n) is 64.5. The summed E-state index contributed by atoms with van der Waals surface area (Å²) in [5.74, 6) is -7.02. The van der Waals surface area contributed by atoms with E-state index in [1.807, 2.05) is 0 Å². The van der Waals surface area contributed by atoms with Gasteiger partial charge in [-0.05, 0) is 87.4 Å². The number of anilines is 1. The first-order valence-corrected chi connectivity index (χ1v) is 41.5. The van der Waals surface area contributed by atoms with E-state index in [0.29, 0.717) is 56.2 Å². The summed E-state index contributed by atoms with van der Waals surface area (Å²) in [5.41, 5.74) is 1.53. The number of benzene rings is 2. The average Bonchev–Trinajstić information content (AvgIpc) is 1.57. The van der Waals surface area contributed by atoms with Gasteiger partial charge in [0.25, 0.3) is 5.91 Å². The summed E-state index contributed by atoms with van der Waals surface area (Å²) in [5, 5.41) is 81.4. The summed E-state index contributed by atoms with van der Waals surface area (Å²) in [6.45, 7) is 2.50. The number of carbonyl (C=O) groups is 9. The van der Waals surface area contributed by atoms with Gasteiger partial charge in [0.15, 0.2) is 12.2 Å². The van der Waals surface area contributed by atoms with Crippen LogP contribution in [0.2, 0.25) is 0 Å². The van der Waals surface area contributed by atoms with Crippen LogP contribution in [0.1, 0.15) is 66.4 Å². The highest BCUT2D eigenvalue weighted by Gasteiger charge is 2.48. The van der Waals surface area contributed by atoms with Crippen LogP contribution < -0.4 is 41.4 Å². The van der Waals surface area contributed by atoms with Crippen molar-refractivity contribution in [1.29, 1.82) is 0 Å². The quantitative estimate of drug-likeness (QED) is 0.0147. The van der Waals surface area contributed by atoms with Crippen LogP contribution in [0.3, 0.4) is 0 Å². The first-order valence-electron chi connectivity index (χ1n) is 37.3. The Morgan fingerprint density at radius 1 is 0.615 bits per heavy atom. The zero-order chi connectivity index (χ0) is 85.7. The predicted octanol–water partition coefficient (Wildman–Crippen LogP) is -4.41. The van der Waals surface area contributed by atoms with Gasteiger partial charge in [0.05, 0.1) is 89.0 Å². The number of carboxylic acid groups (broad SMARTS) is 4. The van der Waals surface area contributed by atoms with Gasteiger partial charge in [0.2, 0.25) is 33.7 Å². The average molecular weight is 1720 g/mol. The Morgan fingerprint density at radius 2 is 1.18 bits per heavy atom. The minimum absolute atomic E-state index is 0.0303. The van der Waals surface area contributed by atoms with Crippen LogP contribution in [0.15, 0.2) is 53.8 Å². The van der Waals surface area contributed by atoms with Crippen molar-refractivity contribution in [3.05, 3.63) is 65.6 Å². The second-order valence-electron chi connectivity index (χ2n) is 27.0. The summed E-state index contributed by atoms with van der Waals surface area (Å²) in [4.78, 5) is 127. The van der Waals surface area contributed by atoms with Gasteiger partial charge in [-0.3, -0.25) is 76.5 Å². The van der Waals surface area contributed by atoms with Crippen molar-refractivity contribution < 1.29 is 145 Å². The number of hydrogen-bond donors (Lipinski definition) is 16. The van der Waals surface area contributed by atoms with Gasteiger partial charge in [-0.25, -0.2) is 21.8 Å². The fraction of sp³-hybridized carbons (Fsp3) is 0.632. The van der Waals surface area contributed by atoms with Crippen molar-refractivity contribution >= 4 is 101 Å². The summed E-state index contributed by atoms with van der Waals surface area (Å²) < 4.78 is 137. The number of ether oxygens (including phenoxy) is 6. The number of nitrogens with one attached hydrogen (secondary N) is 8. The van der Waals surface area contributed by atoms with Gasteiger partial charge >= 0.3 is 44.7 Å². The van der Waals surface area contributed by atoms with Crippen molar-refractivity contribution in [1.82, 2.24) is 70.7 Å². The van der Waals surface area contributed by atoms with Crippen LogP contribution >= 0.6 is 0 Å². The molecule has 4 heterocycles. The minimum Gasteiger partial charge on any atom is -0.494 e. The van der Waals surface area contributed by atoms with Crippen LogP contribution in [-0.4, -0.2) is 371 Å². The number of aliphatic hydroxyl groups is 2. The van der Waals surface area contributed by atoms with Crippen LogP contribution in [0.4, 0.5) is 5.95 Å². The number of aromatic amines is 1. The number of amides is 5. The largest absolute Gasteiger partial charge is 0.494 e. The third-order valence-electron chi connectivity index (χ3n) is 17.8. The molecule has 2 aromatic heterocycles. The topological polar surface area (TPSA) is 635 Å². The number of aromatic nitrogens is 4. The van der Waals surface area contributed by atoms with E-state index in [1.54, 1.807) is 61.1 Å². The van der Waals surface area contributed by atoms with Crippen LogP contribution in [-0.2, 0) is 108 Å². The molecule has 2 aliphatic rings. The third-order valence-corrected chi connectivity index (χ3v) is 20.4. The molecular formula is C68H105N15O31S3. The third kappa shape index (κ3) is 36.9. The molecule has 0 aliphatic carbocycles. The maximum atomic E-state index is 13.9. The number of aliphatic carboxylic acids is 4. The molecule has 16 N–H and O–H groups in total. The highest BCUT2D eigenvalue weighted by molar-refractivity contribution is 7.89. The predicted molar refractivity (Wildman–Crippen MR) is 407 cm³/mol. The molecule has 2 saturated heterocycles. The molecule has 5 amide bonds. The molecular weight excluding hydrogens is 1620 g/mol. The smallest absolute Gasteiger partial charge is 0.397 e. The number of carboxylic acids is 4. The van der Waals surface area contributed by atoms with E-state index < -0.39 is 167 Å². The summed E-state index contributed by atoms with van der Waals surface area (Å²) in [7, 11) is -14.9. The Labute approximate surface area is 674 Å². The molecule has 4 aromatic rings. The number of aliphatic hydroxyl groups excluding tert-OH is 2. The number of imidazole rings is 1. The number of carbonyl (C=O) groups excluding carboxylic acids is 5. The Hall–Kier alpha value is -8.84. The lowest BCUT2D eigenvalue weighted by molar-refractivity contribution is -0.295. The van der Waals surface area contributed by atoms with E-state index in [1.165, 1.54) is 26.0 Å². The lowest BCUT2D eigenvalue weighted by atomic mass is 9.99. The van der Waals surface area contributed by atoms with Crippen molar-refractivity contribution in [2.75, 3.05) is 176 Å². The first kappa shape index (κ1) is 97.0. The zero-order valence-corrected chi connectivity index (χ0v) is 67.0. The minimum atomic E-state index is -5.36. The second kappa shape index (κ2) is 49.5. The van der Waals surface area contributed by atoms with Gasteiger partial charge in [0.1, 0.15) is 42.2 Å². The van der Waals surface area contributed by atoms with Gasteiger partial charge < -0.3 is 95.9 Å². The Kier molecular flexibility index (Phi) is 41.1. The molecule has 0 radical (unpaired) electrons. The van der Waals surface area contributed by atoms with Gasteiger partial charge in [-0.15, -0.1) is 0 Å². The van der Waals surface area contributed by atoms with Crippen LogP contribution in [0.25, 0.3) is 10.9 Å². The maximum absolute atomic E-state index is 13.9. The number of aryl methyl sites for hydroxylation is 3. The van der Waals surface area contributed by atoms with Crippen molar-refractivity contribution in [3.8, 4) is 5.75 Å². The number of nitrogens with zero attached hydrogens (tertiary/aromatic N) is 7. The summed E-state index contributed by atoms with van der Waals surface area (Å²) >= 11 is 0. The standard InChI is InChI=1S/C68H105N15O31S3/c1-45-35-49(36-46(2)63(45)115(99,100)78-51(66(97)98)39-75-64(95)47-8-10-52-48(37-47)38-76-83(52)18-4-12-72-68-73-15-16-74-68)110-29-3-7-54(84)69-13-5-27-107-31-33-109-34-32-108-28-6-14-71-65(96)50(9-11-55(85)70-17-30-111-67-61(94)62(114-117(104,105)106)60(93)53(113-67)44-112-116(101,102)103)77-56(86)40-79-19-21-80(41-57(87)88)23-25-82(43-59(91)92)26-24-81(22-20-79)42-58(89)90/h8,10,15-16,35-38,50-51,53,60-62,67,78,93-94H,3-7,9,11-14,17-34,39-44H2,1-2H3,(H,69,84)(H,70,85)(H,71,96)(H,75,95)(H,77,86)(H,87,88)(H,89,90)(H,91,92)(H,97,98)(H2,72,73,74)(H,101,102,103)(H,104,105,106)/t50?,51?,53-,60+,61-,62+,67-/m1/s1. The molecule has 0 saturated carbocycles. The molecule has 2 fully saturated rings. The molecule has 0 bridgehead atoms. The SMILES string of the molecule is Cc1cc(OCCCC(=O)NCCCOCCOCCOCCCNC(=O)C(CCC(=O)NCCO[C@@H]2O[C@H](COS(=O)(=O)O)[C@H](O)[C@H](OS(=O)(=O)O)[C@H]2O)NC(=O)CN2CCN(CC(=O)O)CCN(CC(=O)O)CCN(CC(=O)O)CC2)cc(C)c1S(=O)(=O)NC(CNC(=O)c1ccc2c(cnn2CCCNc2ncc[nH]2)c1)C(=O)O. The number of H-pyrrole nitrogens is 1. The highest BCUT2D eigenvalue weighted by atomic mass is 32.3. The van der Waals surface area contributed by atoms with E-state index >= 15 is 0 Å². The van der Waals surface area contributed by atoms with E-state index in [4.69, 9.17) is 33.0 Å². The molecule has 117 heavy (non-hydrogen) atoms. The van der Waals surface area contributed by atoms with Crippen LogP contribution in [0, 0.1) is 13.8 Å². The molecule has 2 aliphatic heterocycles. The van der Waals surface area contributed by atoms with Crippen molar-refractivity contribution in [2.45, 2.75) is 113 Å². The van der Waals surface area contributed by atoms with Crippen molar-refractivity contribution in [3.63, 3.8) is 0 Å². The molecule has 2 aromatic carbocycles. The van der Waals surface area contributed by atoms with E-state index in [-0.39, 0.29) is 158 Å². The number of fused-ring (bicyclic) bond motifs is 1. The van der Waals surface area contributed by atoms with E-state index in [2.05, 4.69) is 60.1 Å². The molecule has 0 spiro atoms. The highest BCUT2D eigenvalue weighted by Crippen LogP contribution is 2.28. The molecule has 656 valence electrons. The van der Waals surface area contributed by atoms with Gasteiger partial charge in [-0.1, -0.05) is 0 Å². The van der Waals surface area contributed by atoms with Gasteiger partial charge in [-0.2, -0.15) is 26.7 Å². The number of hydrogen-bond acceptors (Lipinski definition) is 32. The lowest BCUT2D eigenvalue weighted by Gasteiger charge is -2.41. The Morgan fingerprint density at radius 3 is 1.74 bits per heavy atom. The Balaban J connectivity index is 0.871. The fourth-order valence-corrected chi connectivity index (χ4v) is 14.6. The first-order chi connectivity index (χ1) is 55.5.